The Kier molecular flexibility index (Phi) is 2.98. The first-order valence-electron chi connectivity index (χ1n) is 4.89. The molecule has 0 bridgehead atoms. The number of hydrogen-bond acceptors (Lipinski definition) is 2. The van der Waals surface area contributed by atoms with Crippen LogP contribution in [-0.4, -0.2) is 10.2 Å². The summed E-state index contributed by atoms with van der Waals surface area (Å²) in [6, 6.07) is 5.92. The van der Waals surface area contributed by atoms with Crippen LogP contribution in [-0.2, 0) is 6.54 Å². The van der Waals surface area contributed by atoms with Gasteiger partial charge in [-0.05, 0) is 24.6 Å². The number of aromatic nitrogens is 2. The number of benzene rings is 1. The minimum absolute atomic E-state index is 0.156. The highest BCUT2D eigenvalue weighted by atomic mass is 79.9. The number of rotatable bonds is 2. The number of H-pyrrole nitrogens is 2. The number of aromatic amines is 2. The third kappa shape index (κ3) is 1.83. The monoisotopic (exact) mass is 281 g/mol. The lowest BCUT2D eigenvalue weighted by Gasteiger charge is -2.05. The van der Waals surface area contributed by atoms with Crippen LogP contribution in [0.25, 0.3) is 11.3 Å². The van der Waals surface area contributed by atoms with Crippen LogP contribution in [0.2, 0.25) is 0 Å². The van der Waals surface area contributed by atoms with Crippen LogP contribution in [0.5, 0.6) is 0 Å². The zero-order valence-electron chi connectivity index (χ0n) is 8.80. The third-order valence-corrected chi connectivity index (χ3v) is 3.04. The maximum atomic E-state index is 11.5. The van der Waals surface area contributed by atoms with Gasteiger partial charge in [-0.3, -0.25) is 15.0 Å². The SMILES string of the molecule is Cc1ccc(Br)cc1-c1[nH][nH]c(=O)c1CN. The van der Waals surface area contributed by atoms with Gasteiger partial charge in [-0.15, -0.1) is 0 Å². The van der Waals surface area contributed by atoms with E-state index in [0.29, 0.717) is 5.56 Å². The van der Waals surface area contributed by atoms with E-state index in [-0.39, 0.29) is 12.1 Å². The van der Waals surface area contributed by atoms with Gasteiger partial charge < -0.3 is 5.73 Å². The first-order chi connectivity index (χ1) is 7.63. The van der Waals surface area contributed by atoms with Crippen LogP contribution in [0.3, 0.4) is 0 Å². The molecule has 0 unspecified atom stereocenters. The summed E-state index contributed by atoms with van der Waals surface area (Å²) in [6.07, 6.45) is 0. The molecule has 1 aromatic carbocycles. The van der Waals surface area contributed by atoms with Crippen molar-refractivity contribution in [2.75, 3.05) is 0 Å². The van der Waals surface area contributed by atoms with Crippen molar-refractivity contribution in [2.45, 2.75) is 13.5 Å². The molecule has 1 aromatic heterocycles. The number of nitrogens with one attached hydrogen (secondary N) is 2. The predicted molar refractivity (Wildman–Crippen MR) is 67.2 cm³/mol. The number of hydrogen-bond donors (Lipinski definition) is 3. The summed E-state index contributed by atoms with van der Waals surface area (Å²) >= 11 is 3.41. The molecule has 0 aliphatic heterocycles. The van der Waals surface area contributed by atoms with Crippen molar-refractivity contribution in [3.63, 3.8) is 0 Å². The van der Waals surface area contributed by atoms with E-state index in [0.717, 1.165) is 21.3 Å². The van der Waals surface area contributed by atoms with Crippen LogP contribution in [0.4, 0.5) is 0 Å². The summed E-state index contributed by atoms with van der Waals surface area (Å²) in [6.45, 7) is 2.22. The maximum absolute atomic E-state index is 11.5. The van der Waals surface area contributed by atoms with E-state index in [1.165, 1.54) is 0 Å². The lowest BCUT2D eigenvalue weighted by molar-refractivity contribution is 1.04. The van der Waals surface area contributed by atoms with Crippen LogP contribution >= 0.6 is 15.9 Å². The second-order valence-electron chi connectivity index (χ2n) is 3.60. The van der Waals surface area contributed by atoms with Crippen molar-refractivity contribution in [3.05, 3.63) is 44.2 Å². The van der Waals surface area contributed by atoms with E-state index in [4.69, 9.17) is 5.73 Å². The van der Waals surface area contributed by atoms with Gasteiger partial charge in [0.05, 0.1) is 11.3 Å². The number of halogens is 1. The Morgan fingerprint density at radius 1 is 1.38 bits per heavy atom. The molecule has 1 heterocycles. The van der Waals surface area contributed by atoms with E-state index in [9.17, 15) is 4.79 Å². The normalized spacial score (nSPS) is 10.7. The fraction of sp³-hybridized carbons (Fsp3) is 0.182. The number of aryl methyl sites for hydroxylation is 1. The van der Waals surface area contributed by atoms with Crippen molar-refractivity contribution >= 4 is 15.9 Å². The van der Waals surface area contributed by atoms with Gasteiger partial charge in [-0.25, -0.2) is 0 Å². The molecule has 5 heteroatoms. The summed E-state index contributed by atoms with van der Waals surface area (Å²) in [7, 11) is 0. The Hall–Kier alpha value is -1.33. The zero-order valence-corrected chi connectivity index (χ0v) is 10.4. The van der Waals surface area contributed by atoms with Crippen molar-refractivity contribution < 1.29 is 0 Å². The summed E-state index contributed by atoms with van der Waals surface area (Å²) in [4.78, 5) is 11.5. The summed E-state index contributed by atoms with van der Waals surface area (Å²) in [5.41, 5.74) is 8.84. The topological polar surface area (TPSA) is 74.7 Å². The first kappa shape index (κ1) is 11.2. The molecule has 0 aliphatic rings. The molecule has 0 saturated carbocycles. The van der Waals surface area contributed by atoms with Gasteiger partial charge in [-0.2, -0.15) is 0 Å². The molecule has 4 N–H and O–H groups in total. The van der Waals surface area contributed by atoms with E-state index in [1.54, 1.807) is 0 Å². The lowest BCUT2D eigenvalue weighted by Crippen LogP contribution is -2.10. The molecule has 0 fully saturated rings. The molecule has 84 valence electrons. The third-order valence-electron chi connectivity index (χ3n) is 2.55. The smallest absolute Gasteiger partial charge is 0.269 e. The second kappa shape index (κ2) is 4.27. The number of nitrogens with two attached hydrogens (primary N) is 1. The molecule has 0 atom stereocenters. The van der Waals surface area contributed by atoms with Crippen LogP contribution < -0.4 is 11.3 Å². The quantitative estimate of drug-likeness (QED) is 0.787. The standard InChI is InChI=1S/C11H12BrN3O/c1-6-2-3-7(12)4-8(6)10-9(5-13)11(16)15-14-10/h2-4H,5,13H2,1H3,(H2,14,15,16). The van der Waals surface area contributed by atoms with E-state index in [2.05, 4.69) is 26.1 Å². The molecule has 0 amide bonds. The van der Waals surface area contributed by atoms with Gasteiger partial charge in [0.25, 0.3) is 5.56 Å². The molecule has 0 saturated heterocycles. The highest BCUT2D eigenvalue weighted by Crippen LogP contribution is 2.26. The maximum Gasteiger partial charge on any atom is 0.269 e. The summed E-state index contributed by atoms with van der Waals surface area (Å²) < 4.78 is 0.970. The minimum atomic E-state index is -0.156. The molecule has 4 nitrogen and oxygen atoms in total. The van der Waals surface area contributed by atoms with Gasteiger partial charge in [0.1, 0.15) is 0 Å². The van der Waals surface area contributed by atoms with Crippen molar-refractivity contribution in [2.24, 2.45) is 5.73 Å². The van der Waals surface area contributed by atoms with Gasteiger partial charge in [-0.1, -0.05) is 22.0 Å². The molecule has 2 aromatic rings. The Morgan fingerprint density at radius 2 is 2.12 bits per heavy atom. The fourth-order valence-electron chi connectivity index (χ4n) is 1.67. The average Bonchev–Trinajstić information content (AvgIpc) is 2.63. The molecule has 2 rings (SSSR count). The Labute approximate surface area is 101 Å². The predicted octanol–water partition coefficient (Wildman–Crippen LogP) is 1.90. The highest BCUT2D eigenvalue weighted by Gasteiger charge is 2.12. The van der Waals surface area contributed by atoms with Crippen molar-refractivity contribution in [1.29, 1.82) is 0 Å². The van der Waals surface area contributed by atoms with Crippen LogP contribution in [0.1, 0.15) is 11.1 Å². The summed E-state index contributed by atoms with van der Waals surface area (Å²) in [5.74, 6) is 0. The van der Waals surface area contributed by atoms with E-state index >= 15 is 0 Å². The molecule has 0 spiro atoms. The van der Waals surface area contributed by atoms with Crippen LogP contribution in [0.15, 0.2) is 27.5 Å². The Morgan fingerprint density at radius 3 is 2.81 bits per heavy atom. The fourth-order valence-corrected chi connectivity index (χ4v) is 2.03. The second-order valence-corrected chi connectivity index (χ2v) is 4.51. The van der Waals surface area contributed by atoms with Gasteiger partial charge in [0, 0.05) is 16.6 Å². The Balaban J connectivity index is 2.67. The first-order valence-corrected chi connectivity index (χ1v) is 5.69. The van der Waals surface area contributed by atoms with Crippen molar-refractivity contribution in [3.8, 4) is 11.3 Å². The summed E-state index contributed by atoms with van der Waals surface area (Å²) in [5, 5.41) is 5.43. The molecular weight excluding hydrogens is 270 g/mol. The van der Waals surface area contributed by atoms with Gasteiger partial charge in [0.2, 0.25) is 0 Å². The van der Waals surface area contributed by atoms with Gasteiger partial charge >= 0.3 is 0 Å². The lowest BCUT2D eigenvalue weighted by atomic mass is 10.0. The van der Waals surface area contributed by atoms with Crippen molar-refractivity contribution in [1.82, 2.24) is 10.2 Å². The zero-order chi connectivity index (χ0) is 11.7. The largest absolute Gasteiger partial charge is 0.326 e. The highest BCUT2D eigenvalue weighted by molar-refractivity contribution is 9.10. The molecule has 0 aliphatic carbocycles. The average molecular weight is 282 g/mol. The molecule has 0 radical (unpaired) electrons. The van der Waals surface area contributed by atoms with E-state index in [1.807, 2.05) is 25.1 Å². The molecule has 16 heavy (non-hydrogen) atoms. The van der Waals surface area contributed by atoms with Gasteiger partial charge in [0.15, 0.2) is 0 Å². The molecular formula is C11H12BrN3O. The minimum Gasteiger partial charge on any atom is -0.326 e. The Bertz CT molecular complexity index is 571. The van der Waals surface area contributed by atoms with E-state index < -0.39 is 0 Å². The van der Waals surface area contributed by atoms with Crippen LogP contribution in [0, 0.1) is 6.92 Å².